The Morgan fingerprint density at radius 2 is 1.97 bits per heavy atom. The Morgan fingerprint density at radius 1 is 1.21 bits per heavy atom. The van der Waals surface area contributed by atoms with Crippen LogP contribution in [-0.4, -0.2) is 34.9 Å². The Morgan fingerprint density at radius 3 is 2.59 bits per heavy atom. The standard InChI is InChI=1S/C22H27N5O2/c1-12-9-10-24-22(25-12)26-19-13(2)20(15-5-6-15)27(14(3)28)18-8-7-16(11-17(18)19)21(29)23-4/h7-11,13,15,19-20H,5-6H2,1-4H3,(H,23,29)(H,24,25,26)/t13-,19?,20?/m1/s1. The predicted molar refractivity (Wildman–Crippen MR) is 112 cm³/mol. The molecule has 4 rings (SSSR count). The molecule has 152 valence electrons. The lowest BCUT2D eigenvalue weighted by molar-refractivity contribution is -0.117. The van der Waals surface area contributed by atoms with Crippen molar-refractivity contribution in [3.63, 3.8) is 0 Å². The number of aryl methyl sites for hydroxylation is 1. The number of aromatic nitrogens is 2. The van der Waals surface area contributed by atoms with Crippen LogP contribution in [-0.2, 0) is 4.79 Å². The van der Waals surface area contributed by atoms with E-state index in [0.717, 1.165) is 29.8 Å². The molecule has 2 aliphatic rings. The Bertz CT molecular complexity index is 956. The average molecular weight is 393 g/mol. The lowest BCUT2D eigenvalue weighted by Gasteiger charge is -2.45. The van der Waals surface area contributed by atoms with E-state index in [1.165, 1.54) is 0 Å². The molecule has 0 saturated heterocycles. The highest BCUT2D eigenvalue weighted by molar-refractivity contribution is 5.98. The van der Waals surface area contributed by atoms with E-state index in [1.807, 2.05) is 30.0 Å². The molecule has 1 aliphatic carbocycles. The molecule has 2 amide bonds. The van der Waals surface area contributed by atoms with Gasteiger partial charge in [0.25, 0.3) is 5.91 Å². The van der Waals surface area contributed by atoms with E-state index < -0.39 is 0 Å². The number of nitrogens with zero attached hydrogens (tertiary/aromatic N) is 3. The quantitative estimate of drug-likeness (QED) is 0.834. The predicted octanol–water partition coefficient (Wildman–Crippen LogP) is 3.08. The van der Waals surface area contributed by atoms with Gasteiger partial charge in [-0.3, -0.25) is 9.59 Å². The second-order valence-corrected chi connectivity index (χ2v) is 8.07. The Hall–Kier alpha value is -2.96. The summed E-state index contributed by atoms with van der Waals surface area (Å²) in [6, 6.07) is 7.45. The molecule has 29 heavy (non-hydrogen) atoms. The monoisotopic (exact) mass is 393 g/mol. The molecule has 1 aromatic carbocycles. The van der Waals surface area contributed by atoms with E-state index in [9.17, 15) is 9.59 Å². The first kappa shape index (κ1) is 19.4. The second-order valence-electron chi connectivity index (χ2n) is 8.07. The first-order valence-electron chi connectivity index (χ1n) is 10.1. The van der Waals surface area contributed by atoms with Gasteiger partial charge in [-0.25, -0.2) is 9.97 Å². The summed E-state index contributed by atoms with van der Waals surface area (Å²) in [4.78, 5) is 35.7. The fourth-order valence-electron chi connectivity index (χ4n) is 4.51. The zero-order valence-corrected chi connectivity index (χ0v) is 17.3. The molecule has 2 N–H and O–H groups in total. The molecule has 1 aromatic heterocycles. The van der Waals surface area contributed by atoms with Gasteiger partial charge in [0.1, 0.15) is 0 Å². The van der Waals surface area contributed by atoms with E-state index in [2.05, 4.69) is 27.5 Å². The van der Waals surface area contributed by atoms with Crippen LogP contribution in [0.3, 0.4) is 0 Å². The highest BCUT2D eigenvalue weighted by atomic mass is 16.2. The van der Waals surface area contributed by atoms with Gasteiger partial charge in [-0.1, -0.05) is 6.92 Å². The van der Waals surface area contributed by atoms with E-state index >= 15 is 0 Å². The molecule has 2 heterocycles. The number of anilines is 2. The lowest BCUT2D eigenvalue weighted by Crippen LogP contribution is -2.51. The summed E-state index contributed by atoms with van der Waals surface area (Å²) in [5.41, 5.74) is 3.25. The second kappa shape index (κ2) is 7.46. The average Bonchev–Trinajstić information content (AvgIpc) is 3.53. The van der Waals surface area contributed by atoms with Crippen LogP contribution in [0.5, 0.6) is 0 Å². The molecule has 3 atom stereocenters. The first-order chi connectivity index (χ1) is 13.9. The number of amides is 2. The number of nitrogens with one attached hydrogen (secondary N) is 2. The maximum absolute atomic E-state index is 12.6. The molecule has 1 saturated carbocycles. The lowest BCUT2D eigenvalue weighted by atomic mass is 9.79. The number of carbonyl (C=O) groups is 2. The van der Waals surface area contributed by atoms with Crippen LogP contribution in [0, 0.1) is 18.8 Å². The van der Waals surface area contributed by atoms with Crippen molar-refractivity contribution >= 4 is 23.5 Å². The van der Waals surface area contributed by atoms with E-state index in [-0.39, 0.29) is 29.8 Å². The van der Waals surface area contributed by atoms with Crippen molar-refractivity contribution in [2.45, 2.75) is 45.7 Å². The van der Waals surface area contributed by atoms with Gasteiger partial charge in [-0.05, 0) is 55.5 Å². The maximum Gasteiger partial charge on any atom is 0.251 e. The molecule has 1 fully saturated rings. The SMILES string of the molecule is CNC(=O)c1ccc2c(c1)C(Nc1nccc(C)n1)[C@@H](C)C(C1CC1)N2C(C)=O. The normalized spacial score (nSPS) is 23.3. The maximum atomic E-state index is 12.6. The number of benzene rings is 1. The fourth-order valence-corrected chi connectivity index (χ4v) is 4.51. The molecular weight excluding hydrogens is 366 g/mol. The van der Waals surface area contributed by atoms with Crippen molar-refractivity contribution in [2.75, 3.05) is 17.3 Å². The number of hydrogen-bond donors (Lipinski definition) is 2. The Labute approximate surface area is 170 Å². The summed E-state index contributed by atoms with van der Waals surface area (Å²) < 4.78 is 0. The minimum absolute atomic E-state index is 0.0351. The van der Waals surface area contributed by atoms with Crippen molar-refractivity contribution in [3.05, 3.63) is 47.3 Å². The van der Waals surface area contributed by atoms with Gasteiger partial charge in [-0.2, -0.15) is 0 Å². The third-order valence-electron chi connectivity index (χ3n) is 6.00. The highest BCUT2D eigenvalue weighted by Crippen LogP contribution is 2.50. The molecule has 0 radical (unpaired) electrons. The van der Waals surface area contributed by atoms with Gasteiger partial charge in [0.05, 0.1) is 6.04 Å². The number of carbonyl (C=O) groups excluding carboxylic acids is 2. The smallest absolute Gasteiger partial charge is 0.251 e. The summed E-state index contributed by atoms with van der Waals surface area (Å²) in [7, 11) is 1.62. The number of fused-ring (bicyclic) bond motifs is 1. The van der Waals surface area contributed by atoms with E-state index in [0.29, 0.717) is 17.4 Å². The highest BCUT2D eigenvalue weighted by Gasteiger charge is 2.47. The van der Waals surface area contributed by atoms with Crippen molar-refractivity contribution in [1.82, 2.24) is 15.3 Å². The minimum Gasteiger partial charge on any atom is -0.355 e. The van der Waals surface area contributed by atoms with Crippen molar-refractivity contribution in [2.24, 2.45) is 11.8 Å². The third-order valence-corrected chi connectivity index (χ3v) is 6.00. The molecule has 0 spiro atoms. The van der Waals surface area contributed by atoms with Crippen molar-refractivity contribution in [1.29, 1.82) is 0 Å². The summed E-state index contributed by atoms with van der Waals surface area (Å²) in [5.74, 6) is 1.09. The molecule has 2 unspecified atom stereocenters. The Kier molecular flexibility index (Phi) is 4.98. The van der Waals surface area contributed by atoms with Gasteiger partial charge in [-0.15, -0.1) is 0 Å². The summed E-state index contributed by atoms with van der Waals surface area (Å²) in [6.07, 6.45) is 4.01. The van der Waals surface area contributed by atoms with Gasteiger partial charge in [0, 0.05) is 49.1 Å². The summed E-state index contributed by atoms with van der Waals surface area (Å²) in [5, 5.41) is 6.17. The first-order valence-corrected chi connectivity index (χ1v) is 10.1. The van der Waals surface area contributed by atoms with Crippen LogP contribution in [0.4, 0.5) is 11.6 Å². The Balaban J connectivity index is 1.83. The molecule has 7 nitrogen and oxygen atoms in total. The van der Waals surface area contributed by atoms with Crippen LogP contribution >= 0.6 is 0 Å². The number of rotatable bonds is 4. The third kappa shape index (κ3) is 3.57. The van der Waals surface area contributed by atoms with Crippen LogP contribution in [0.15, 0.2) is 30.5 Å². The number of hydrogen-bond acceptors (Lipinski definition) is 5. The minimum atomic E-state index is -0.148. The molecule has 0 bridgehead atoms. The largest absolute Gasteiger partial charge is 0.355 e. The van der Waals surface area contributed by atoms with E-state index in [1.54, 1.807) is 26.2 Å². The molecule has 1 aliphatic heterocycles. The zero-order valence-electron chi connectivity index (χ0n) is 17.3. The molecule has 2 aromatic rings. The van der Waals surface area contributed by atoms with Gasteiger partial charge in [0.2, 0.25) is 11.9 Å². The topological polar surface area (TPSA) is 87.2 Å². The summed E-state index contributed by atoms with van der Waals surface area (Å²) >= 11 is 0. The van der Waals surface area contributed by atoms with Gasteiger partial charge < -0.3 is 15.5 Å². The van der Waals surface area contributed by atoms with Gasteiger partial charge >= 0.3 is 0 Å². The zero-order chi connectivity index (χ0) is 20.7. The van der Waals surface area contributed by atoms with Crippen LogP contribution in [0.1, 0.15) is 54.3 Å². The van der Waals surface area contributed by atoms with Crippen LogP contribution < -0.4 is 15.5 Å². The van der Waals surface area contributed by atoms with E-state index in [4.69, 9.17) is 0 Å². The van der Waals surface area contributed by atoms with Crippen LogP contribution in [0.25, 0.3) is 0 Å². The fraction of sp³-hybridized carbons (Fsp3) is 0.455. The van der Waals surface area contributed by atoms with Gasteiger partial charge in [0.15, 0.2) is 0 Å². The van der Waals surface area contributed by atoms with Crippen LogP contribution in [0.2, 0.25) is 0 Å². The summed E-state index contributed by atoms with van der Waals surface area (Å²) in [6.45, 7) is 5.72. The molecular formula is C22H27N5O2. The van der Waals surface area contributed by atoms with Crippen molar-refractivity contribution in [3.8, 4) is 0 Å². The molecule has 7 heteroatoms. The van der Waals surface area contributed by atoms with Crippen molar-refractivity contribution < 1.29 is 9.59 Å².